The highest BCUT2D eigenvalue weighted by atomic mass is 16.5. The first kappa shape index (κ1) is 13.9. The van der Waals surface area contributed by atoms with Crippen molar-refractivity contribution in [1.29, 1.82) is 0 Å². The standard InChI is InChI=1S/C15H16N2O3/c1-5-10-11(7-6-8-13(10)19-3)12-9-16-17(2)15(18)14(12)20-4/h5-9H,1H2,2-4H3. The summed E-state index contributed by atoms with van der Waals surface area (Å²) in [6.07, 6.45) is 3.28. The molecule has 5 nitrogen and oxygen atoms in total. The molecule has 0 unspecified atom stereocenters. The highest BCUT2D eigenvalue weighted by Crippen LogP contribution is 2.34. The van der Waals surface area contributed by atoms with Crippen molar-refractivity contribution in [2.75, 3.05) is 14.2 Å². The lowest BCUT2D eigenvalue weighted by Gasteiger charge is -2.13. The molecule has 5 heteroatoms. The Morgan fingerprint density at radius 3 is 2.60 bits per heavy atom. The Kier molecular flexibility index (Phi) is 3.89. The van der Waals surface area contributed by atoms with Gasteiger partial charge >= 0.3 is 5.56 Å². The summed E-state index contributed by atoms with van der Waals surface area (Å²) in [5.74, 6) is 0.930. The van der Waals surface area contributed by atoms with Crippen molar-refractivity contribution < 1.29 is 9.47 Å². The summed E-state index contributed by atoms with van der Waals surface area (Å²) in [5.41, 5.74) is 1.91. The first-order valence-electron chi connectivity index (χ1n) is 6.04. The molecule has 0 N–H and O–H groups in total. The van der Waals surface area contributed by atoms with Crippen LogP contribution in [0.3, 0.4) is 0 Å². The SMILES string of the molecule is C=Cc1c(OC)cccc1-c1cnn(C)c(=O)c1OC. The topological polar surface area (TPSA) is 53.4 Å². The van der Waals surface area contributed by atoms with E-state index in [2.05, 4.69) is 11.7 Å². The van der Waals surface area contributed by atoms with Crippen molar-refractivity contribution in [1.82, 2.24) is 9.78 Å². The van der Waals surface area contributed by atoms with Crippen molar-refractivity contribution >= 4 is 6.08 Å². The van der Waals surface area contributed by atoms with Crippen LogP contribution >= 0.6 is 0 Å². The molecule has 1 heterocycles. The molecule has 1 aromatic carbocycles. The summed E-state index contributed by atoms with van der Waals surface area (Å²) in [7, 11) is 4.63. The van der Waals surface area contributed by atoms with Crippen LogP contribution < -0.4 is 15.0 Å². The van der Waals surface area contributed by atoms with Gasteiger partial charge in [0.15, 0.2) is 5.75 Å². The van der Waals surface area contributed by atoms with Gasteiger partial charge in [-0.2, -0.15) is 5.10 Å². The highest BCUT2D eigenvalue weighted by Gasteiger charge is 2.16. The Hall–Kier alpha value is -2.56. The Labute approximate surface area is 117 Å². The fraction of sp³-hybridized carbons (Fsp3) is 0.200. The number of hydrogen-bond donors (Lipinski definition) is 0. The van der Waals surface area contributed by atoms with Crippen molar-refractivity contribution in [3.8, 4) is 22.6 Å². The van der Waals surface area contributed by atoms with Crippen molar-refractivity contribution in [3.05, 3.63) is 46.9 Å². The van der Waals surface area contributed by atoms with Crippen LogP contribution in [-0.2, 0) is 7.05 Å². The van der Waals surface area contributed by atoms with Gasteiger partial charge in [-0.3, -0.25) is 4.79 Å². The maximum atomic E-state index is 12.1. The van der Waals surface area contributed by atoms with Crippen LogP contribution in [0.1, 0.15) is 5.56 Å². The van der Waals surface area contributed by atoms with E-state index in [1.165, 1.54) is 11.8 Å². The van der Waals surface area contributed by atoms with Gasteiger partial charge in [0.1, 0.15) is 5.75 Å². The Balaban J connectivity index is 2.78. The van der Waals surface area contributed by atoms with Gasteiger partial charge in [-0.15, -0.1) is 0 Å². The van der Waals surface area contributed by atoms with Gasteiger partial charge in [-0.25, -0.2) is 4.68 Å². The third-order valence-electron chi connectivity index (χ3n) is 3.08. The predicted octanol–water partition coefficient (Wildman–Crippen LogP) is 2.11. The smallest absolute Gasteiger partial charge is 0.309 e. The van der Waals surface area contributed by atoms with E-state index in [9.17, 15) is 4.79 Å². The zero-order chi connectivity index (χ0) is 14.7. The normalized spacial score (nSPS) is 10.2. The molecule has 2 aromatic rings. The number of hydrogen-bond acceptors (Lipinski definition) is 4. The van der Waals surface area contributed by atoms with Crippen LogP contribution in [0.4, 0.5) is 0 Å². The molecule has 0 atom stereocenters. The molecule has 0 aliphatic rings. The molecular formula is C15H16N2O3. The lowest BCUT2D eigenvalue weighted by atomic mass is 10.00. The maximum Gasteiger partial charge on any atom is 0.309 e. The lowest BCUT2D eigenvalue weighted by Crippen LogP contribution is -2.21. The predicted molar refractivity (Wildman–Crippen MR) is 78.1 cm³/mol. The molecular weight excluding hydrogens is 256 g/mol. The number of methoxy groups -OCH3 is 2. The van der Waals surface area contributed by atoms with Gasteiger partial charge < -0.3 is 9.47 Å². The summed E-state index contributed by atoms with van der Waals surface area (Å²) in [6, 6.07) is 5.55. The monoisotopic (exact) mass is 272 g/mol. The zero-order valence-electron chi connectivity index (χ0n) is 11.7. The van der Waals surface area contributed by atoms with Gasteiger partial charge in [-0.1, -0.05) is 24.8 Å². The average Bonchev–Trinajstić information content (AvgIpc) is 2.48. The lowest BCUT2D eigenvalue weighted by molar-refractivity contribution is 0.402. The van der Waals surface area contributed by atoms with Crippen LogP contribution in [0.2, 0.25) is 0 Å². The van der Waals surface area contributed by atoms with Crippen LogP contribution in [-0.4, -0.2) is 24.0 Å². The van der Waals surface area contributed by atoms with E-state index < -0.39 is 0 Å². The molecule has 2 rings (SSSR count). The van der Waals surface area contributed by atoms with Crippen LogP contribution in [0, 0.1) is 0 Å². The average molecular weight is 272 g/mol. The van der Waals surface area contributed by atoms with E-state index in [1.807, 2.05) is 18.2 Å². The van der Waals surface area contributed by atoms with E-state index in [0.717, 1.165) is 11.1 Å². The molecule has 0 saturated carbocycles. The van der Waals surface area contributed by atoms with Gasteiger partial charge in [-0.05, 0) is 11.6 Å². The minimum atomic E-state index is -0.289. The van der Waals surface area contributed by atoms with Gasteiger partial charge in [0, 0.05) is 12.6 Å². The Bertz CT molecular complexity index is 705. The highest BCUT2D eigenvalue weighted by molar-refractivity contribution is 5.80. The van der Waals surface area contributed by atoms with E-state index in [1.54, 1.807) is 26.4 Å². The first-order valence-corrected chi connectivity index (χ1v) is 6.04. The van der Waals surface area contributed by atoms with Crippen molar-refractivity contribution in [2.45, 2.75) is 0 Å². The first-order chi connectivity index (χ1) is 9.63. The number of benzene rings is 1. The third kappa shape index (κ3) is 2.18. The molecule has 0 saturated heterocycles. The van der Waals surface area contributed by atoms with Crippen molar-refractivity contribution in [3.63, 3.8) is 0 Å². The minimum absolute atomic E-state index is 0.249. The molecule has 1 aromatic heterocycles. The van der Waals surface area contributed by atoms with Gasteiger partial charge in [0.05, 0.1) is 26.0 Å². The summed E-state index contributed by atoms with van der Waals surface area (Å²) < 4.78 is 11.8. The Morgan fingerprint density at radius 2 is 2.00 bits per heavy atom. The second kappa shape index (κ2) is 5.61. The second-order valence-electron chi connectivity index (χ2n) is 4.15. The molecule has 0 fully saturated rings. The maximum absolute atomic E-state index is 12.1. The third-order valence-corrected chi connectivity index (χ3v) is 3.08. The largest absolute Gasteiger partial charge is 0.496 e. The molecule has 0 radical (unpaired) electrons. The van der Waals surface area contributed by atoms with E-state index >= 15 is 0 Å². The molecule has 20 heavy (non-hydrogen) atoms. The number of ether oxygens (including phenoxy) is 2. The minimum Gasteiger partial charge on any atom is -0.496 e. The number of nitrogens with zero attached hydrogens (tertiary/aromatic N) is 2. The number of rotatable bonds is 4. The van der Waals surface area contributed by atoms with Crippen LogP contribution in [0.5, 0.6) is 11.5 Å². The molecule has 0 aliphatic carbocycles. The van der Waals surface area contributed by atoms with Crippen LogP contribution in [0.15, 0.2) is 35.8 Å². The fourth-order valence-corrected chi connectivity index (χ4v) is 2.07. The van der Waals surface area contributed by atoms with E-state index in [-0.39, 0.29) is 11.3 Å². The Morgan fingerprint density at radius 1 is 1.25 bits per heavy atom. The summed E-state index contributed by atoms with van der Waals surface area (Å²) in [6.45, 7) is 3.80. The van der Waals surface area contributed by atoms with Gasteiger partial charge in [0.2, 0.25) is 0 Å². The molecule has 0 spiro atoms. The van der Waals surface area contributed by atoms with Gasteiger partial charge in [0.25, 0.3) is 0 Å². The fourth-order valence-electron chi connectivity index (χ4n) is 2.07. The summed E-state index contributed by atoms with van der Waals surface area (Å²) in [4.78, 5) is 12.1. The second-order valence-corrected chi connectivity index (χ2v) is 4.15. The molecule has 104 valence electrons. The van der Waals surface area contributed by atoms with E-state index in [0.29, 0.717) is 11.3 Å². The number of aromatic nitrogens is 2. The molecule has 0 amide bonds. The quantitative estimate of drug-likeness (QED) is 0.855. The van der Waals surface area contributed by atoms with E-state index in [4.69, 9.17) is 9.47 Å². The molecule has 0 bridgehead atoms. The summed E-state index contributed by atoms with van der Waals surface area (Å²) >= 11 is 0. The summed E-state index contributed by atoms with van der Waals surface area (Å²) in [5, 5.41) is 4.04. The zero-order valence-corrected chi connectivity index (χ0v) is 11.7. The van der Waals surface area contributed by atoms with Crippen LogP contribution in [0.25, 0.3) is 17.2 Å². The van der Waals surface area contributed by atoms with Crippen molar-refractivity contribution in [2.24, 2.45) is 7.05 Å². The molecule has 0 aliphatic heterocycles. The number of aryl methyl sites for hydroxylation is 1.